The molecule has 2 rings (SSSR count). The van der Waals surface area contributed by atoms with E-state index in [1.165, 1.54) is 0 Å². The van der Waals surface area contributed by atoms with Crippen molar-refractivity contribution >= 4 is 5.91 Å². The number of aryl methyl sites for hydroxylation is 1. The molecule has 1 saturated heterocycles. The zero-order chi connectivity index (χ0) is 15.5. The van der Waals surface area contributed by atoms with Crippen molar-refractivity contribution in [1.82, 2.24) is 20.5 Å². The fraction of sp³-hybridized carbons (Fsp3) is 0.867. The largest absolute Gasteiger partial charge is 0.343 e. The van der Waals surface area contributed by atoms with E-state index < -0.39 is 0 Å². The van der Waals surface area contributed by atoms with Crippen molar-refractivity contribution in [1.29, 1.82) is 0 Å². The van der Waals surface area contributed by atoms with E-state index in [0.717, 1.165) is 32.4 Å². The number of rotatable bonds is 4. The van der Waals surface area contributed by atoms with Crippen LogP contribution < -0.4 is 0 Å². The van der Waals surface area contributed by atoms with E-state index in [1.54, 1.807) is 0 Å². The van der Waals surface area contributed by atoms with Crippen LogP contribution in [-0.4, -0.2) is 39.5 Å². The number of aromatic nitrogens is 3. The number of likely N-dealkylation sites (tertiary alicyclic amines) is 1. The van der Waals surface area contributed by atoms with E-state index in [4.69, 9.17) is 4.52 Å². The van der Waals surface area contributed by atoms with E-state index in [0.29, 0.717) is 24.1 Å². The van der Waals surface area contributed by atoms with Crippen LogP contribution in [0.5, 0.6) is 0 Å². The fourth-order valence-corrected chi connectivity index (χ4v) is 2.80. The third-order valence-electron chi connectivity index (χ3n) is 5.15. The number of piperidine rings is 1. The van der Waals surface area contributed by atoms with E-state index in [2.05, 4.69) is 43.3 Å². The zero-order valence-electron chi connectivity index (χ0n) is 13.6. The lowest BCUT2D eigenvalue weighted by Gasteiger charge is -2.47. The highest BCUT2D eigenvalue weighted by Gasteiger charge is 2.40. The number of hydrogen-bond donors (Lipinski definition) is 0. The van der Waals surface area contributed by atoms with Gasteiger partial charge in [0, 0.05) is 25.9 Å². The molecule has 1 amide bonds. The van der Waals surface area contributed by atoms with Crippen LogP contribution in [0.3, 0.4) is 0 Å². The van der Waals surface area contributed by atoms with Gasteiger partial charge >= 0.3 is 0 Å². The maximum Gasteiger partial charge on any atom is 0.248 e. The molecule has 6 nitrogen and oxygen atoms in total. The van der Waals surface area contributed by atoms with Crippen molar-refractivity contribution in [2.24, 2.45) is 10.8 Å². The lowest BCUT2D eigenvalue weighted by atomic mass is 9.63. The summed E-state index contributed by atoms with van der Waals surface area (Å²) in [5.41, 5.74) is 0.603. The zero-order valence-corrected chi connectivity index (χ0v) is 13.6. The van der Waals surface area contributed by atoms with Gasteiger partial charge in [-0.1, -0.05) is 32.8 Å². The quantitative estimate of drug-likeness (QED) is 0.853. The van der Waals surface area contributed by atoms with Gasteiger partial charge in [0.05, 0.1) is 5.27 Å². The van der Waals surface area contributed by atoms with Crippen LogP contribution in [-0.2, 0) is 11.2 Å². The van der Waals surface area contributed by atoms with Crippen molar-refractivity contribution in [2.45, 2.75) is 59.8 Å². The molecule has 1 aliphatic rings. The summed E-state index contributed by atoms with van der Waals surface area (Å²) < 4.78 is 4.83. The molecule has 6 heteroatoms. The third kappa shape index (κ3) is 3.80. The molecule has 0 saturated carbocycles. The van der Waals surface area contributed by atoms with E-state index in [1.807, 2.05) is 4.90 Å². The maximum absolute atomic E-state index is 12.2. The van der Waals surface area contributed by atoms with E-state index in [-0.39, 0.29) is 11.3 Å². The van der Waals surface area contributed by atoms with Crippen molar-refractivity contribution in [3.63, 3.8) is 0 Å². The predicted octanol–water partition coefficient (Wildman–Crippen LogP) is 2.46. The summed E-state index contributed by atoms with van der Waals surface area (Å²) in [7, 11) is 0. The van der Waals surface area contributed by atoms with Crippen molar-refractivity contribution in [3.05, 3.63) is 5.89 Å². The summed E-state index contributed by atoms with van der Waals surface area (Å²) >= 11 is 0. The highest BCUT2D eigenvalue weighted by atomic mass is 16.5. The summed E-state index contributed by atoms with van der Waals surface area (Å²) in [5.74, 6) is 0.736. The van der Waals surface area contributed by atoms with E-state index in [9.17, 15) is 4.79 Å². The van der Waals surface area contributed by atoms with Gasteiger partial charge in [-0.2, -0.15) is 0 Å². The van der Waals surface area contributed by atoms with Crippen LogP contribution in [0.4, 0.5) is 0 Å². The normalized spacial score (nSPS) is 18.8. The molecule has 0 atom stereocenters. The molecule has 1 aromatic heterocycles. The van der Waals surface area contributed by atoms with Gasteiger partial charge in [-0.05, 0) is 35.3 Å². The second kappa shape index (κ2) is 6.12. The summed E-state index contributed by atoms with van der Waals surface area (Å²) in [6.45, 7) is 11.0. The molecule has 0 N–H and O–H groups in total. The Balaban J connectivity index is 1.75. The Bertz CT molecular complexity index is 457. The van der Waals surface area contributed by atoms with Crippen molar-refractivity contribution < 1.29 is 9.32 Å². The molecule has 0 unspecified atom stereocenters. The average Bonchev–Trinajstić information content (AvgIpc) is 2.91. The second-order valence-corrected chi connectivity index (χ2v) is 7.30. The van der Waals surface area contributed by atoms with Gasteiger partial charge in [0.1, 0.15) is 0 Å². The minimum Gasteiger partial charge on any atom is -0.343 e. The molecule has 118 valence electrons. The van der Waals surface area contributed by atoms with Crippen molar-refractivity contribution in [3.8, 4) is 0 Å². The molecule has 0 aliphatic carbocycles. The molecule has 1 fully saturated rings. The average molecular weight is 294 g/mol. The number of hydrogen-bond acceptors (Lipinski definition) is 5. The Labute approximate surface area is 126 Å². The first-order valence-electron chi connectivity index (χ1n) is 7.73. The molecular weight excluding hydrogens is 268 g/mol. The molecule has 0 spiro atoms. The Hall–Kier alpha value is -1.46. The smallest absolute Gasteiger partial charge is 0.248 e. The fourth-order valence-electron chi connectivity index (χ4n) is 2.80. The standard InChI is InChI=1S/C15H26N4O2/c1-14(2,3)15(4)8-10-19(11-9-15)13(20)7-5-6-12-16-17-18-21-12/h5-11H2,1-4H3. The highest BCUT2D eigenvalue weighted by Crippen LogP contribution is 2.46. The summed E-state index contributed by atoms with van der Waals surface area (Å²) in [6.07, 6.45) is 4.04. The molecule has 21 heavy (non-hydrogen) atoms. The molecule has 2 heterocycles. The Morgan fingerprint density at radius 2 is 2.00 bits per heavy atom. The molecule has 0 aromatic carbocycles. The van der Waals surface area contributed by atoms with Crippen LogP contribution in [0.1, 0.15) is 59.3 Å². The monoisotopic (exact) mass is 294 g/mol. The first-order chi connectivity index (χ1) is 9.82. The van der Waals surface area contributed by atoms with Gasteiger partial charge in [-0.25, -0.2) is 0 Å². The first-order valence-corrected chi connectivity index (χ1v) is 7.73. The van der Waals surface area contributed by atoms with Gasteiger partial charge in [-0.3, -0.25) is 4.79 Å². The van der Waals surface area contributed by atoms with Gasteiger partial charge in [-0.15, -0.1) is 0 Å². The summed E-state index contributed by atoms with van der Waals surface area (Å²) in [4.78, 5) is 14.2. The van der Waals surface area contributed by atoms with Gasteiger partial charge in [0.25, 0.3) is 0 Å². The van der Waals surface area contributed by atoms with Crippen LogP contribution in [0, 0.1) is 10.8 Å². The Kier molecular flexibility index (Phi) is 4.64. The lowest BCUT2D eigenvalue weighted by Crippen LogP contribution is -2.46. The number of carbonyl (C=O) groups excluding carboxylic acids is 1. The Morgan fingerprint density at radius 3 is 2.52 bits per heavy atom. The molecular formula is C15H26N4O2. The molecule has 1 aliphatic heterocycles. The second-order valence-electron chi connectivity index (χ2n) is 7.30. The number of nitrogens with zero attached hydrogens (tertiary/aromatic N) is 4. The summed E-state index contributed by atoms with van der Waals surface area (Å²) in [6, 6.07) is 0. The Morgan fingerprint density at radius 1 is 1.33 bits per heavy atom. The minimum absolute atomic E-state index is 0.235. The van der Waals surface area contributed by atoms with Gasteiger partial charge in [0.15, 0.2) is 0 Å². The van der Waals surface area contributed by atoms with Crippen LogP contribution in [0.2, 0.25) is 0 Å². The predicted molar refractivity (Wildman–Crippen MR) is 78.4 cm³/mol. The molecule has 0 radical (unpaired) electrons. The van der Waals surface area contributed by atoms with E-state index >= 15 is 0 Å². The van der Waals surface area contributed by atoms with Gasteiger partial charge < -0.3 is 9.42 Å². The minimum atomic E-state index is 0.235. The van der Waals surface area contributed by atoms with Crippen LogP contribution in [0.15, 0.2) is 4.52 Å². The number of amides is 1. The van der Waals surface area contributed by atoms with Crippen LogP contribution >= 0.6 is 0 Å². The highest BCUT2D eigenvalue weighted by molar-refractivity contribution is 5.76. The third-order valence-corrected chi connectivity index (χ3v) is 5.15. The van der Waals surface area contributed by atoms with Crippen LogP contribution in [0.25, 0.3) is 0 Å². The molecule has 1 aromatic rings. The SMILES string of the molecule is CC(C)(C)C1(C)CCN(C(=O)CCCc2nnno2)CC1. The number of carbonyl (C=O) groups is 1. The van der Waals surface area contributed by atoms with Crippen molar-refractivity contribution in [2.75, 3.05) is 13.1 Å². The summed E-state index contributed by atoms with van der Waals surface area (Å²) in [5, 5.41) is 10.4. The topological polar surface area (TPSA) is 72.1 Å². The van der Waals surface area contributed by atoms with Gasteiger partial charge in [0.2, 0.25) is 11.8 Å². The molecule has 0 bridgehead atoms. The first kappa shape index (κ1) is 15.9. The lowest BCUT2D eigenvalue weighted by molar-refractivity contribution is -0.134. The maximum atomic E-state index is 12.2.